The minimum absolute atomic E-state index is 0.0540. The molecular formula is C18H15ClN2OS2. The predicted molar refractivity (Wildman–Crippen MR) is 101 cm³/mol. The van der Waals surface area contributed by atoms with E-state index < -0.39 is 0 Å². The molecule has 0 unspecified atom stereocenters. The summed E-state index contributed by atoms with van der Waals surface area (Å²) in [4.78, 5) is 12.2. The van der Waals surface area contributed by atoms with Crippen molar-refractivity contribution in [3.05, 3.63) is 68.7 Å². The topological polar surface area (TPSA) is 44.7 Å². The lowest BCUT2D eigenvalue weighted by Gasteiger charge is -2.11. The summed E-state index contributed by atoms with van der Waals surface area (Å²) in [5.41, 5.74) is 3.00. The normalized spacial score (nSPS) is 11.6. The zero-order chi connectivity index (χ0) is 17.7. The van der Waals surface area contributed by atoms with E-state index in [-0.39, 0.29) is 11.5 Å². The van der Waals surface area contributed by atoms with Gasteiger partial charge >= 0.3 is 0 Å². The molecular weight excluding hydrogens is 360 g/mol. The number of halogens is 1. The van der Waals surface area contributed by atoms with Crippen molar-refractivity contribution >= 4 is 47.5 Å². The Bertz CT molecular complexity index is 819. The number of thioether (sulfide) groups is 1. The first kappa shape index (κ1) is 18.5. The maximum Gasteiger partial charge on any atom is 0.275 e. The first-order chi connectivity index (χ1) is 11.4. The van der Waals surface area contributed by atoms with E-state index >= 15 is 0 Å². The van der Waals surface area contributed by atoms with Crippen molar-refractivity contribution in [3.63, 3.8) is 0 Å². The second kappa shape index (κ2) is 8.29. The molecule has 0 radical (unpaired) electrons. The SMILES string of the molecule is Cc1cc(C)c[n+](C(C#N)=C([S-])SCC(=O)c2ccc(Cl)cc2)c1. The highest BCUT2D eigenvalue weighted by atomic mass is 35.5. The van der Waals surface area contributed by atoms with Crippen molar-refractivity contribution in [2.24, 2.45) is 0 Å². The number of carbonyl (C=O) groups is 1. The quantitative estimate of drug-likeness (QED) is 0.342. The molecule has 0 saturated carbocycles. The highest BCUT2D eigenvalue weighted by molar-refractivity contribution is 8.11. The van der Waals surface area contributed by atoms with Gasteiger partial charge in [0, 0.05) is 21.7 Å². The summed E-state index contributed by atoms with van der Waals surface area (Å²) in [5.74, 6) is 0.124. The number of aryl methyl sites for hydroxylation is 2. The van der Waals surface area contributed by atoms with E-state index in [0.29, 0.717) is 20.5 Å². The predicted octanol–water partition coefficient (Wildman–Crippen LogP) is 4.06. The molecule has 0 bridgehead atoms. The van der Waals surface area contributed by atoms with Gasteiger partial charge in [-0.25, -0.2) is 0 Å². The fourth-order valence-corrected chi connectivity index (χ4v) is 3.34. The van der Waals surface area contributed by atoms with Gasteiger partial charge in [0.1, 0.15) is 0 Å². The van der Waals surface area contributed by atoms with Gasteiger partial charge in [0.05, 0.1) is 5.75 Å². The number of benzene rings is 1. The molecule has 24 heavy (non-hydrogen) atoms. The lowest BCUT2D eigenvalue weighted by molar-refractivity contribution is -0.578. The molecule has 2 rings (SSSR count). The smallest absolute Gasteiger partial charge is 0.275 e. The number of hydrogen-bond acceptors (Lipinski definition) is 4. The van der Waals surface area contributed by atoms with Gasteiger partial charge in [-0.05, 0) is 44.2 Å². The molecule has 6 heteroatoms. The van der Waals surface area contributed by atoms with Crippen LogP contribution in [0.5, 0.6) is 0 Å². The maximum atomic E-state index is 12.2. The van der Waals surface area contributed by atoms with E-state index in [1.54, 1.807) is 28.8 Å². The summed E-state index contributed by atoms with van der Waals surface area (Å²) in [6.07, 6.45) is 3.69. The van der Waals surface area contributed by atoms with Gasteiger partial charge in [-0.2, -0.15) is 9.83 Å². The highest BCUT2D eigenvalue weighted by Crippen LogP contribution is 2.20. The van der Waals surface area contributed by atoms with Crippen molar-refractivity contribution in [1.29, 1.82) is 5.26 Å². The van der Waals surface area contributed by atoms with E-state index in [9.17, 15) is 10.1 Å². The summed E-state index contributed by atoms with van der Waals surface area (Å²) < 4.78 is 2.11. The third-order valence-corrected chi connectivity index (χ3v) is 4.86. The first-order valence-corrected chi connectivity index (χ1v) is 8.91. The second-order valence-electron chi connectivity index (χ2n) is 5.26. The zero-order valence-electron chi connectivity index (χ0n) is 13.2. The molecule has 0 aliphatic carbocycles. The van der Waals surface area contributed by atoms with Gasteiger partial charge in [0.25, 0.3) is 5.70 Å². The molecule has 2 aromatic rings. The van der Waals surface area contributed by atoms with Gasteiger partial charge < -0.3 is 12.6 Å². The fraction of sp³-hybridized carbons (Fsp3) is 0.167. The molecule has 1 aromatic heterocycles. The molecule has 0 aliphatic rings. The lowest BCUT2D eigenvalue weighted by atomic mass is 10.1. The van der Waals surface area contributed by atoms with Crippen LogP contribution in [0, 0.1) is 25.2 Å². The van der Waals surface area contributed by atoms with Crippen LogP contribution in [0.1, 0.15) is 21.5 Å². The number of ketones is 1. The average molecular weight is 375 g/mol. The van der Waals surface area contributed by atoms with Crippen LogP contribution in [0.4, 0.5) is 0 Å². The van der Waals surface area contributed by atoms with Crippen molar-refractivity contribution < 1.29 is 9.36 Å². The van der Waals surface area contributed by atoms with Crippen molar-refractivity contribution in [2.45, 2.75) is 13.8 Å². The Labute approximate surface area is 156 Å². The van der Waals surface area contributed by atoms with Crippen LogP contribution in [-0.4, -0.2) is 11.5 Å². The van der Waals surface area contributed by atoms with Crippen molar-refractivity contribution in [2.75, 3.05) is 5.75 Å². The standard InChI is InChI=1S/C18H15ClN2OS2/c1-12-7-13(2)10-21(9-12)16(8-20)18(23)24-11-17(22)14-3-5-15(19)6-4-14/h3-7,9-10H,11H2,1-2H3. The minimum Gasteiger partial charge on any atom is -0.766 e. The van der Waals surface area contributed by atoms with Gasteiger partial charge in [-0.1, -0.05) is 15.8 Å². The number of allylic oxidation sites excluding steroid dienone is 1. The number of rotatable bonds is 5. The summed E-state index contributed by atoms with van der Waals surface area (Å²) >= 11 is 12.4. The summed E-state index contributed by atoms with van der Waals surface area (Å²) in [6, 6.07) is 10.9. The number of aromatic nitrogens is 1. The summed E-state index contributed by atoms with van der Waals surface area (Å²) in [5, 5.41) is 10.0. The Hall–Kier alpha value is -1.87. The third-order valence-electron chi connectivity index (χ3n) is 3.20. The maximum absolute atomic E-state index is 12.2. The monoisotopic (exact) mass is 374 g/mol. The van der Waals surface area contributed by atoms with Crippen molar-refractivity contribution in [1.82, 2.24) is 0 Å². The number of nitriles is 1. The van der Waals surface area contributed by atoms with Crippen LogP contribution >= 0.6 is 23.4 Å². The molecule has 0 saturated heterocycles. The van der Waals surface area contributed by atoms with E-state index in [1.807, 2.05) is 32.3 Å². The van der Waals surface area contributed by atoms with E-state index in [2.05, 4.69) is 6.07 Å². The molecule has 3 nitrogen and oxygen atoms in total. The fourth-order valence-electron chi connectivity index (χ4n) is 2.17. The van der Waals surface area contributed by atoms with Crippen LogP contribution in [-0.2, 0) is 12.6 Å². The Kier molecular flexibility index (Phi) is 6.38. The lowest BCUT2D eigenvalue weighted by Crippen LogP contribution is -2.32. The first-order valence-electron chi connectivity index (χ1n) is 7.13. The molecule has 122 valence electrons. The Morgan fingerprint density at radius 1 is 1.25 bits per heavy atom. The van der Waals surface area contributed by atoms with Gasteiger partial charge in [-0.3, -0.25) is 4.79 Å². The number of pyridine rings is 1. The van der Waals surface area contributed by atoms with Crippen LogP contribution < -0.4 is 4.57 Å². The average Bonchev–Trinajstić information content (AvgIpc) is 2.53. The number of hydrogen-bond donors (Lipinski definition) is 0. The van der Waals surface area contributed by atoms with Crippen LogP contribution in [0.15, 0.2) is 47.0 Å². The Morgan fingerprint density at radius 2 is 1.83 bits per heavy atom. The van der Waals surface area contributed by atoms with Crippen LogP contribution in [0.3, 0.4) is 0 Å². The molecule has 0 atom stereocenters. The van der Waals surface area contributed by atoms with E-state index in [1.165, 1.54) is 11.8 Å². The third kappa shape index (κ3) is 4.81. The largest absolute Gasteiger partial charge is 0.766 e. The second-order valence-corrected chi connectivity index (χ2v) is 7.35. The Balaban J connectivity index is 2.17. The van der Waals surface area contributed by atoms with E-state index in [0.717, 1.165) is 11.1 Å². The number of nitrogens with zero attached hydrogens (tertiary/aromatic N) is 2. The van der Waals surface area contributed by atoms with Crippen molar-refractivity contribution in [3.8, 4) is 6.07 Å². The van der Waals surface area contributed by atoms with E-state index in [4.69, 9.17) is 24.2 Å². The number of Topliss-reactive ketones (excluding diaryl/α,β-unsaturated/α-hetero) is 1. The van der Waals surface area contributed by atoms with Gasteiger partial charge in [0.2, 0.25) is 0 Å². The molecule has 0 N–H and O–H groups in total. The molecule has 1 heterocycles. The zero-order valence-corrected chi connectivity index (χ0v) is 15.6. The summed E-state index contributed by atoms with van der Waals surface area (Å²) in [7, 11) is 0. The van der Waals surface area contributed by atoms with Crippen LogP contribution in [0.2, 0.25) is 5.02 Å². The highest BCUT2D eigenvalue weighted by Gasteiger charge is 2.13. The van der Waals surface area contributed by atoms with Gasteiger partial charge in [0.15, 0.2) is 24.2 Å². The molecule has 0 aliphatic heterocycles. The van der Waals surface area contributed by atoms with Gasteiger partial charge in [-0.15, -0.1) is 11.8 Å². The molecule has 0 amide bonds. The Morgan fingerprint density at radius 3 is 2.38 bits per heavy atom. The number of carbonyl (C=O) groups excluding carboxylic acids is 1. The molecule has 1 aromatic carbocycles. The molecule has 0 spiro atoms. The van der Waals surface area contributed by atoms with Crippen LogP contribution in [0.25, 0.3) is 5.70 Å². The minimum atomic E-state index is -0.0540. The molecule has 0 fully saturated rings. The summed E-state index contributed by atoms with van der Waals surface area (Å²) in [6.45, 7) is 3.91.